The van der Waals surface area contributed by atoms with E-state index in [0.29, 0.717) is 18.3 Å². The second-order valence-electron chi connectivity index (χ2n) is 10.1. The Hall–Kier alpha value is -1.94. The number of hydrogen-bond donors (Lipinski definition) is 2. The Bertz CT molecular complexity index is 899. The molecular weight excluding hydrogens is 404 g/mol. The number of aromatic carboxylic acids is 1. The highest BCUT2D eigenvalue weighted by atomic mass is 32.1. The maximum Gasteiger partial charge on any atom is 0.335 e. The summed E-state index contributed by atoms with van der Waals surface area (Å²) in [5.74, 6) is 0.986. The normalized spacial score (nSPS) is 17.6. The molecule has 3 nitrogen and oxygen atoms in total. The lowest BCUT2D eigenvalue weighted by Gasteiger charge is -2.42. The summed E-state index contributed by atoms with van der Waals surface area (Å²) in [5, 5.41) is 9.09. The standard InChI is InChI=1S/C27H36O3S/c1-26(2)14-15-27(3,4)24-17-20(10-13-23(24)26)21(7-5-6-16-31)18-30-22-11-8-19(9-12-22)25(28)29/h8-13,17,21,31H,5-7,14-16,18H2,1-4H3,(H,28,29). The van der Waals surface area contributed by atoms with E-state index < -0.39 is 5.97 Å². The van der Waals surface area contributed by atoms with E-state index >= 15 is 0 Å². The number of thiol groups is 1. The average molecular weight is 441 g/mol. The summed E-state index contributed by atoms with van der Waals surface area (Å²) in [6, 6.07) is 13.7. The number of carbonyl (C=O) groups is 1. The predicted molar refractivity (Wildman–Crippen MR) is 131 cm³/mol. The molecule has 1 N–H and O–H groups in total. The fourth-order valence-electron chi connectivity index (χ4n) is 4.60. The Morgan fingerprint density at radius 3 is 2.26 bits per heavy atom. The fourth-order valence-corrected chi connectivity index (χ4v) is 4.82. The molecule has 1 atom stereocenters. The minimum absolute atomic E-state index is 0.185. The number of fused-ring (bicyclic) bond motifs is 1. The molecule has 0 aromatic heterocycles. The van der Waals surface area contributed by atoms with Gasteiger partial charge in [-0.15, -0.1) is 0 Å². The Kier molecular flexibility index (Phi) is 7.41. The fraction of sp³-hybridized carbons (Fsp3) is 0.519. The van der Waals surface area contributed by atoms with Gasteiger partial charge in [0.25, 0.3) is 0 Å². The van der Waals surface area contributed by atoms with Crippen molar-refractivity contribution < 1.29 is 14.6 Å². The third kappa shape index (κ3) is 5.65. The summed E-state index contributed by atoms with van der Waals surface area (Å²) in [7, 11) is 0. The zero-order valence-electron chi connectivity index (χ0n) is 19.3. The lowest BCUT2D eigenvalue weighted by atomic mass is 9.62. The highest BCUT2D eigenvalue weighted by Crippen LogP contribution is 2.46. The molecular formula is C27H36O3S. The van der Waals surface area contributed by atoms with Crippen LogP contribution in [0.5, 0.6) is 5.75 Å². The van der Waals surface area contributed by atoms with E-state index in [1.54, 1.807) is 24.3 Å². The van der Waals surface area contributed by atoms with Crippen molar-refractivity contribution in [3.63, 3.8) is 0 Å². The minimum Gasteiger partial charge on any atom is -0.493 e. The van der Waals surface area contributed by atoms with Crippen LogP contribution >= 0.6 is 12.6 Å². The Labute approximate surface area is 192 Å². The molecule has 0 radical (unpaired) electrons. The van der Waals surface area contributed by atoms with Crippen LogP contribution in [-0.4, -0.2) is 23.4 Å². The molecule has 4 heteroatoms. The van der Waals surface area contributed by atoms with Crippen molar-refractivity contribution in [2.24, 2.45) is 0 Å². The zero-order valence-corrected chi connectivity index (χ0v) is 20.2. The van der Waals surface area contributed by atoms with Gasteiger partial charge in [0, 0.05) is 5.92 Å². The van der Waals surface area contributed by atoms with E-state index in [4.69, 9.17) is 9.84 Å². The Balaban J connectivity index is 1.83. The average Bonchev–Trinajstić information content (AvgIpc) is 2.74. The molecule has 3 rings (SSSR count). The van der Waals surface area contributed by atoms with Crippen molar-refractivity contribution >= 4 is 18.6 Å². The topological polar surface area (TPSA) is 46.5 Å². The van der Waals surface area contributed by atoms with Crippen LogP contribution < -0.4 is 4.74 Å². The van der Waals surface area contributed by atoms with Gasteiger partial charge in [-0.2, -0.15) is 12.6 Å². The van der Waals surface area contributed by atoms with Gasteiger partial charge in [0.05, 0.1) is 12.2 Å². The smallest absolute Gasteiger partial charge is 0.335 e. The molecule has 168 valence electrons. The largest absolute Gasteiger partial charge is 0.493 e. The summed E-state index contributed by atoms with van der Waals surface area (Å²) in [6.07, 6.45) is 5.68. The zero-order chi connectivity index (χ0) is 22.6. The van der Waals surface area contributed by atoms with E-state index in [2.05, 4.69) is 58.5 Å². The SMILES string of the molecule is CC1(C)CCC(C)(C)c2cc(C(CCCCS)COc3ccc(C(=O)O)cc3)ccc21. The molecule has 0 amide bonds. The lowest BCUT2D eigenvalue weighted by molar-refractivity contribution is 0.0697. The van der Waals surface area contributed by atoms with Crippen molar-refractivity contribution in [1.82, 2.24) is 0 Å². The van der Waals surface area contributed by atoms with Gasteiger partial charge in [0.15, 0.2) is 0 Å². The molecule has 0 fully saturated rings. The Morgan fingerprint density at radius 1 is 1.00 bits per heavy atom. The maximum absolute atomic E-state index is 11.1. The van der Waals surface area contributed by atoms with E-state index in [0.717, 1.165) is 25.0 Å². The van der Waals surface area contributed by atoms with Crippen LogP contribution in [0.25, 0.3) is 0 Å². The lowest BCUT2D eigenvalue weighted by Crippen LogP contribution is -2.34. The van der Waals surface area contributed by atoms with Crippen LogP contribution in [0.4, 0.5) is 0 Å². The van der Waals surface area contributed by atoms with Gasteiger partial charge < -0.3 is 9.84 Å². The molecule has 0 aliphatic heterocycles. The first-order chi connectivity index (χ1) is 14.6. The van der Waals surface area contributed by atoms with Crippen LogP contribution in [0.3, 0.4) is 0 Å². The van der Waals surface area contributed by atoms with Gasteiger partial charge in [-0.25, -0.2) is 4.79 Å². The molecule has 0 saturated heterocycles. The summed E-state index contributed by atoms with van der Waals surface area (Å²) in [6.45, 7) is 10.0. The minimum atomic E-state index is -0.921. The van der Waals surface area contributed by atoms with Crippen LogP contribution in [0, 0.1) is 0 Å². The Morgan fingerprint density at radius 2 is 1.65 bits per heavy atom. The molecule has 0 spiro atoms. The first-order valence-electron chi connectivity index (χ1n) is 11.4. The van der Waals surface area contributed by atoms with Gasteiger partial charge in [-0.05, 0) is 83.2 Å². The molecule has 1 aliphatic carbocycles. The molecule has 31 heavy (non-hydrogen) atoms. The van der Waals surface area contributed by atoms with Gasteiger partial charge in [-0.3, -0.25) is 0 Å². The van der Waals surface area contributed by atoms with Crippen LogP contribution in [0.1, 0.15) is 92.8 Å². The summed E-state index contributed by atoms with van der Waals surface area (Å²) < 4.78 is 6.11. The van der Waals surface area contributed by atoms with Gasteiger partial charge >= 0.3 is 5.97 Å². The second kappa shape index (κ2) is 9.68. The molecule has 0 saturated carbocycles. The number of benzene rings is 2. The van der Waals surface area contributed by atoms with Crippen molar-refractivity contribution in [3.05, 3.63) is 64.7 Å². The van der Waals surface area contributed by atoms with Crippen molar-refractivity contribution in [1.29, 1.82) is 0 Å². The molecule has 0 bridgehead atoms. The maximum atomic E-state index is 11.1. The van der Waals surface area contributed by atoms with E-state index in [9.17, 15) is 4.79 Å². The van der Waals surface area contributed by atoms with Crippen molar-refractivity contribution in [3.8, 4) is 5.75 Å². The first kappa shape index (κ1) is 23.7. The quantitative estimate of drug-likeness (QED) is 0.326. The van der Waals surface area contributed by atoms with Crippen LogP contribution in [-0.2, 0) is 10.8 Å². The van der Waals surface area contributed by atoms with Gasteiger partial charge in [0.2, 0.25) is 0 Å². The number of hydrogen-bond acceptors (Lipinski definition) is 3. The predicted octanol–water partition coefficient (Wildman–Crippen LogP) is 7.00. The third-order valence-electron chi connectivity index (χ3n) is 6.86. The second-order valence-corrected chi connectivity index (χ2v) is 10.6. The summed E-state index contributed by atoms with van der Waals surface area (Å²) in [5.41, 5.74) is 4.97. The van der Waals surface area contributed by atoms with Crippen molar-refractivity contribution in [2.75, 3.05) is 12.4 Å². The number of ether oxygens (including phenoxy) is 1. The third-order valence-corrected chi connectivity index (χ3v) is 7.18. The molecule has 0 heterocycles. The number of unbranched alkanes of at least 4 members (excludes halogenated alkanes) is 1. The van der Waals surface area contributed by atoms with Crippen LogP contribution in [0.15, 0.2) is 42.5 Å². The first-order valence-corrected chi connectivity index (χ1v) is 12.0. The molecule has 1 unspecified atom stereocenters. The highest BCUT2D eigenvalue weighted by molar-refractivity contribution is 7.80. The summed E-state index contributed by atoms with van der Waals surface area (Å²) >= 11 is 4.37. The number of carboxylic acid groups (broad SMARTS) is 1. The number of carboxylic acids is 1. The molecule has 2 aromatic rings. The van der Waals surface area contributed by atoms with E-state index in [-0.39, 0.29) is 16.4 Å². The van der Waals surface area contributed by atoms with Crippen molar-refractivity contribution in [2.45, 2.75) is 76.5 Å². The molecule has 1 aliphatic rings. The van der Waals surface area contributed by atoms with E-state index in [1.807, 2.05) is 0 Å². The number of rotatable bonds is 9. The highest BCUT2D eigenvalue weighted by Gasteiger charge is 2.37. The van der Waals surface area contributed by atoms with Crippen LogP contribution in [0.2, 0.25) is 0 Å². The monoisotopic (exact) mass is 440 g/mol. The van der Waals surface area contributed by atoms with Gasteiger partial charge in [-0.1, -0.05) is 52.3 Å². The summed E-state index contributed by atoms with van der Waals surface area (Å²) in [4.78, 5) is 11.1. The van der Waals surface area contributed by atoms with E-state index in [1.165, 1.54) is 29.5 Å². The van der Waals surface area contributed by atoms with Gasteiger partial charge in [0.1, 0.15) is 5.75 Å². The molecule has 2 aromatic carbocycles.